The van der Waals surface area contributed by atoms with E-state index in [1.165, 1.54) is 84.9 Å². The van der Waals surface area contributed by atoms with Crippen molar-refractivity contribution in [3.8, 4) is 0 Å². The van der Waals surface area contributed by atoms with Crippen molar-refractivity contribution in [2.75, 3.05) is 19.8 Å². The highest BCUT2D eigenvalue weighted by Crippen LogP contribution is 2.38. The van der Waals surface area contributed by atoms with Gasteiger partial charge in [0.05, 0.1) is 72.0 Å². The van der Waals surface area contributed by atoms with Crippen LogP contribution in [-0.4, -0.2) is 159 Å². The Labute approximate surface area is 639 Å². The molecule has 0 aliphatic carbocycles. The number of esters is 7. The molecule has 111 heavy (non-hydrogen) atoms. The standard InChI is InChI=1S/C88H78O23/c89-79(60-37-17-4-18-38-60)100-54-68-71(106-80(90)61-39-19-5-20-40-61)74(108-82(92)63-43-23-7-24-44-63)77(110-84(94)65-47-27-9-28-48-65)88(104-68)102-56-69-72(107-81(91)62-41-21-6-22-42-62)75(109-83(93)64-45-25-8-26-46-64)78(111-85(95)66-49-29-10-30-50-66)87(105-69)101-55-67-70(97-51-57-31-11-1-12-32-57)73(98-52-58-33-13-2-14-34-58)76(86(96)103-67)99-53-59-35-15-3-16-36-59/h1-50,67-78,86-88,96H,51-56H2/t67-,68-,69-,70+,71-,72-,73+,74+,75+,76-,77-,78-,86-,87-,88-/m1/s1. The first kappa shape index (κ1) is 77.3. The summed E-state index contributed by atoms with van der Waals surface area (Å²) in [6.07, 6.45) is -25.4. The molecular formula is C88H78O23. The van der Waals surface area contributed by atoms with Crippen molar-refractivity contribution in [1.82, 2.24) is 0 Å². The number of aliphatic hydroxyl groups excluding tert-OH is 1. The average Bonchev–Trinajstić information content (AvgIpc) is 0.760. The number of rotatable bonds is 30. The summed E-state index contributed by atoms with van der Waals surface area (Å²) in [4.78, 5) is 103. The molecule has 3 fully saturated rings. The van der Waals surface area contributed by atoms with E-state index >= 15 is 4.79 Å². The van der Waals surface area contributed by atoms with E-state index in [1.807, 2.05) is 91.0 Å². The molecule has 1 N–H and O–H groups in total. The molecule has 0 amide bonds. The van der Waals surface area contributed by atoms with Gasteiger partial charge in [0.1, 0.15) is 43.2 Å². The first-order valence-corrected chi connectivity index (χ1v) is 36.0. The van der Waals surface area contributed by atoms with E-state index in [0.717, 1.165) is 16.7 Å². The number of hydrogen-bond donors (Lipinski definition) is 1. The maximum Gasteiger partial charge on any atom is 0.338 e. The lowest BCUT2D eigenvalue weighted by Gasteiger charge is -2.47. The number of carbonyl (C=O) groups is 7. The lowest BCUT2D eigenvalue weighted by molar-refractivity contribution is -0.344. The van der Waals surface area contributed by atoms with E-state index < -0.39 is 154 Å². The van der Waals surface area contributed by atoms with Gasteiger partial charge in [-0.15, -0.1) is 0 Å². The van der Waals surface area contributed by atoms with Crippen molar-refractivity contribution < 1.29 is 110 Å². The first-order chi connectivity index (χ1) is 54.4. The van der Waals surface area contributed by atoms with Gasteiger partial charge >= 0.3 is 41.8 Å². The topological polar surface area (TPSA) is 278 Å². The predicted molar refractivity (Wildman–Crippen MR) is 396 cm³/mol. The van der Waals surface area contributed by atoms with Crippen molar-refractivity contribution in [2.24, 2.45) is 0 Å². The zero-order valence-electron chi connectivity index (χ0n) is 59.7. The molecule has 3 aliphatic heterocycles. The van der Waals surface area contributed by atoms with Gasteiger partial charge in [0.25, 0.3) is 0 Å². The summed E-state index contributed by atoms with van der Waals surface area (Å²) in [5.41, 5.74) is 2.48. The van der Waals surface area contributed by atoms with E-state index in [0.29, 0.717) is 0 Å². The molecule has 0 bridgehead atoms. The highest BCUT2D eigenvalue weighted by atomic mass is 16.8. The third kappa shape index (κ3) is 20.5. The Kier molecular flexibility index (Phi) is 26.8. The van der Waals surface area contributed by atoms with Crippen LogP contribution in [-0.2, 0) is 90.9 Å². The van der Waals surface area contributed by atoms with Crippen LogP contribution in [0.2, 0.25) is 0 Å². The number of benzene rings is 10. The third-order valence-corrected chi connectivity index (χ3v) is 18.4. The van der Waals surface area contributed by atoms with Crippen molar-refractivity contribution in [1.29, 1.82) is 0 Å². The average molecular weight is 1500 g/mol. The van der Waals surface area contributed by atoms with E-state index in [9.17, 15) is 33.9 Å². The van der Waals surface area contributed by atoms with Crippen LogP contribution < -0.4 is 0 Å². The molecule has 0 unspecified atom stereocenters. The Morgan fingerprint density at radius 2 is 0.468 bits per heavy atom. The van der Waals surface area contributed by atoms with Gasteiger partial charge in [0.2, 0.25) is 0 Å². The minimum Gasteiger partial charge on any atom is -0.459 e. The van der Waals surface area contributed by atoms with Gasteiger partial charge < -0.3 is 76.2 Å². The molecule has 0 aromatic heterocycles. The minimum atomic E-state index is -2.00. The Hall–Kier alpha value is -11.9. The molecule has 0 saturated carbocycles. The van der Waals surface area contributed by atoms with Crippen LogP contribution in [0.3, 0.4) is 0 Å². The quantitative estimate of drug-likeness (QED) is 0.0323. The lowest BCUT2D eigenvalue weighted by atomic mass is 9.96. The van der Waals surface area contributed by atoms with Gasteiger partial charge in [-0.25, -0.2) is 33.6 Å². The molecule has 3 heterocycles. The van der Waals surface area contributed by atoms with Gasteiger partial charge in [-0.2, -0.15) is 0 Å². The SMILES string of the molecule is O=C(OC[C@H]1O[C@@H](OC[C@H]2O[C@@H](OC[C@H]3O[C@@H](O)[C@H](OCc4ccccc4)[C@@H](OCc4ccccc4)[C@H]3OCc3ccccc3)[C@H](OC(=O)c3ccccc3)[C@@H](OC(=O)c3ccccc3)[C@@H]2OC(=O)c2ccccc2)[C@H](OC(=O)c2ccccc2)[C@@H](OC(=O)c2ccccc2)[C@@H]1OC(=O)c1ccccc1)c1ccccc1. The molecule has 10 aromatic carbocycles. The fourth-order valence-electron chi connectivity index (χ4n) is 12.8. The highest BCUT2D eigenvalue weighted by molar-refractivity contribution is 5.93. The number of ether oxygens (including phenoxy) is 15. The van der Waals surface area contributed by atoms with E-state index in [4.69, 9.17) is 71.1 Å². The number of carbonyl (C=O) groups excluding carboxylic acids is 7. The fraction of sp³-hybridized carbons (Fsp3) is 0.239. The summed E-state index contributed by atoms with van der Waals surface area (Å²) in [5.74, 6) is -6.83. The molecule has 568 valence electrons. The predicted octanol–water partition coefficient (Wildman–Crippen LogP) is 12.2. The van der Waals surface area contributed by atoms with Gasteiger partial charge in [0, 0.05) is 0 Å². The van der Waals surface area contributed by atoms with E-state index in [-0.39, 0.29) is 58.8 Å². The van der Waals surface area contributed by atoms with Gasteiger partial charge in [-0.1, -0.05) is 218 Å². The van der Waals surface area contributed by atoms with Crippen LogP contribution >= 0.6 is 0 Å². The van der Waals surface area contributed by atoms with Gasteiger partial charge in [0.15, 0.2) is 55.5 Å². The minimum absolute atomic E-state index is 0.000380. The maximum atomic E-state index is 15.0. The summed E-state index contributed by atoms with van der Waals surface area (Å²) in [7, 11) is 0. The van der Waals surface area contributed by atoms with Crippen molar-refractivity contribution >= 4 is 41.8 Å². The summed E-state index contributed by atoms with van der Waals surface area (Å²) in [6, 6.07) is 82.5. The maximum absolute atomic E-state index is 15.0. The molecule has 13 rings (SSSR count). The van der Waals surface area contributed by atoms with Gasteiger partial charge in [-0.3, -0.25) is 0 Å². The van der Waals surface area contributed by atoms with Crippen LogP contribution in [0.1, 0.15) is 89.2 Å². The molecular weight excluding hydrogens is 1420 g/mol. The second-order valence-electron chi connectivity index (χ2n) is 26.0. The van der Waals surface area contributed by atoms with Crippen molar-refractivity contribution in [3.63, 3.8) is 0 Å². The van der Waals surface area contributed by atoms with Crippen LogP contribution in [0, 0.1) is 0 Å². The monoisotopic (exact) mass is 1500 g/mol. The summed E-state index contributed by atoms with van der Waals surface area (Å²) >= 11 is 0. The molecule has 23 nitrogen and oxygen atoms in total. The van der Waals surface area contributed by atoms with Crippen LogP contribution in [0.15, 0.2) is 303 Å². The Morgan fingerprint density at radius 3 is 0.775 bits per heavy atom. The van der Waals surface area contributed by atoms with Crippen molar-refractivity contribution in [2.45, 2.75) is 112 Å². The molecule has 23 heteroatoms. The smallest absolute Gasteiger partial charge is 0.338 e. The van der Waals surface area contributed by atoms with Gasteiger partial charge in [-0.05, 0) is 102 Å². The molecule has 0 spiro atoms. The summed E-state index contributed by atoms with van der Waals surface area (Å²) in [5, 5.41) is 12.3. The number of aliphatic hydroxyl groups is 1. The normalized spacial score (nSPS) is 23.5. The third-order valence-electron chi connectivity index (χ3n) is 18.4. The highest BCUT2D eigenvalue weighted by Gasteiger charge is 2.58. The van der Waals surface area contributed by atoms with Crippen LogP contribution in [0.25, 0.3) is 0 Å². The summed E-state index contributed by atoms with van der Waals surface area (Å²) in [6.45, 7) is -2.23. The molecule has 15 atom stereocenters. The zero-order valence-corrected chi connectivity index (χ0v) is 59.7. The van der Waals surface area contributed by atoms with Crippen LogP contribution in [0.4, 0.5) is 0 Å². The Morgan fingerprint density at radius 1 is 0.234 bits per heavy atom. The van der Waals surface area contributed by atoms with Crippen LogP contribution in [0.5, 0.6) is 0 Å². The Bertz CT molecular complexity index is 4620. The number of hydrogen-bond acceptors (Lipinski definition) is 23. The second kappa shape index (κ2) is 38.5. The first-order valence-electron chi connectivity index (χ1n) is 36.0. The molecule has 3 saturated heterocycles. The fourth-order valence-corrected chi connectivity index (χ4v) is 12.8. The second-order valence-corrected chi connectivity index (χ2v) is 26.0. The zero-order chi connectivity index (χ0) is 76.7. The Balaban J connectivity index is 0.922. The lowest BCUT2D eigenvalue weighted by Crippen LogP contribution is -2.65. The molecule has 10 aromatic rings. The van der Waals surface area contributed by atoms with E-state index in [1.54, 1.807) is 127 Å². The van der Waals surface area contributed by atoms with E-state index in [2.05, 4.69) is 0 Å². The summed E-state index contributed by atoms with van der Waals surface area (Å²) < 4.78 is 99.0. The molecule has 3 aliphatic rings. The largest absolute Gasteiger partial charge is 0.459 e. The van der Waals surface area contributed by atoms with Crippen molar-refractivity contribution in [3.05, 3.63) is 359 Å². The molecule has 0 radical (unpaired) electrons.